The van der Waals surface area contributed by atoms with Gasteiger partial charge in [0.1, 0.15) is 17.5 Å². The van der Waals surface area contributed by atoms with Gasteiger partial charge in [-0.05, 0) is 25.7 Å². The van der Waals surface area contributed by atoms with Crippen LogP contribution >= 0.6 is 0 Å². The quantitative estimate of drug-likeness (QED) is 0.881. The monoisotopic (exact) mass is 264 g/mol. The molecule has 19 heavy (non-hydrogen) atoms. The molecule has 2 N–H and O–H groups in total. The number of ether oxygens (including phenoxy) is 1. The smallest absolute Gasteiger partial charge is 0.134 e. The lowest BCUT2D eigenvalue weighted by molar-refractivity contribution is 0.0215. The van der Waals surface area contributed by atoms with Crippen molar-refractivity contribution in [2.24, 2.45) is 0 Å². The summed E-state index contributed by atoms with van der Waals surface area (Å²) in [6.45, 7) is 3.86. The minimum Gasteiger partial charge on any atom is -0.384 e. The van der Waals surface area contributed by atoms with Gasteiger partial charge in [0.2, 0.25) is 0 Å². The van der Waals surface area contributed by atoms with E-state index in [0.717, 1.165) is 44.1 Å². The van der Waals surface area contributed by atoms with Gasteiger partial charge >= 0.3 is 0 Å². The molecule has 2 rings (SSSR count). The van der Waals surface area contributed by atoms with Crippen LogP contribution in [0.5, 0.6) is 0 Å². The molecule has 1 saturated heterocycles. The molecule has 2 heterocycles. The molecule has 0 aromatic carbocycles. The molecule has 1 atom stereocenters. The number of nitrogens with zero attached hydrogens (tertiary/aromatic N) is 3. The molecule has 0 amide bonds. The van der Waals surface area contributed by atoms with Gasteiger partial charge < -0.3 is 15.4 Å². The third-order valence-corrected chi connectivity index (χ3v) is 3.39. The fourth-order valence-electron chi connectivity index (χ4n) is 2.38. The van der Waals surface area contributed by atoms with Gasteiger partial charge in [0, 0.05) is 32.7 Å². The zero-order valence-electron chi connectivity index (χ0n) is 11.9. The number of aryl methyl sites for hydroxylation is 1. The maximum Gasteiger partial charge on any atom is 0.134 e. The normalized spacial score (nSPS) is 19.4. The second-order valence-electron chi connectivity index (χ2n) is 5.19. The van der Waals surface area contributed by atoms with E-state index in [1.807, 2.05) is 13.1 Å². The maximum atomic E-state index is 5.85. The minimum absolute atomic E-state index is 0.310. The number of hydrogen-bond acceptors (Lipinski definition) is 5. The Morgan fingerprint density at radius 2 is 2.26 bits per heavy atom. The first kappa shape index (κ1) is 14.1. The highest BCUT2D eigenvalue weighted by Crippen LogP contribution is 2.18. The van der Waals surface area contributed by atoms with Gasteiger partial charge in [-0.1, -0.05) is 6.92 Å². The summed E-state index contributed by atoms with van der Waals surface area (Å²) < 4.78 is 5.76. The Hall–Kier alpha value is -1.36. The topological polar surface area (TPSA) is 64.3 Å². The summed E-state index contributed by atoms with van der Waals surface area (Å²) >= 11 is 0. The van der Waals surface area contributed by atoms with Crippen molar-refractivity contribution in [1.29, 1.82) is 0 Å². The summed E-state index contributed by atoms with van der Waals surface area (Å²) in [5.41, 5.74) is 5.85. The highest BCUT2D eigenvalue weighted by atomic mass is 16.5. The minimum atomic E-state index is 0.310. The highest BCUT2D eigenvalue weighted by Gasteiger charge is 2.17. The Bertz CT molecular complexity index is 404. The molecule has 0 aliphatic carbocycles. The van der Waals surface area contributed by atoms with Crippen LogP contribution in [-0.4, -0.2) is 36.3 Å². The van der Waals surface area contributed by atoms with Crippen molar-refractivity contribution in [1.82, 2.24) is 9.97 Å². The van der Waals surface area contributed by atoms with E-state index in [1.54, 1.807) is 0 Å². The van der Waals surface area contributed by atoms with Crippen molar-refractivity contribution in [2.75, 3.05) is 30.8 Å². The number of hydrogen-bond donors (Lipinski definition) is 1. The van der Waals surface area contributed by atoms with E-state index in [9.17, 15) is 0 Å². The Kier molecular flexibility index (Phi) is 4.96. The molecule has 0 radical (unpaired) electrons. The third kappa shape index (κ3) is 4.06. The van der Waals surface area contributed by atoms with Crippen molar-refractivity contribution in [3.8, 4) is 0 Å². The zero-order chi connectivity index (χ0) is 13.7. The van der Waals surface area contributed by atoms with Crippen molar-refractivity contribution in [2.45, 2.75) is 45.1 Å². The number of anilines is 2. The van der Waals surface area contributed by atoms with E-state index in [4.69, 9.17) is 10.5 Å². The van der Waals surface area contributed by atoms with Gasteiger partial charge in [0.25, 0.3) is 0 Å². The van der Waals surface area contributed by atoms with E-state index in [1.165, 1.54) is 12.8 Å². The molecule has 0 spiro atoms. The Morgan fingerprint density at radius 3 is 2.95 bits per heavy atom. The molecular formula is C14H24N4O. The second-order valence-corrected chi connectivity index (χ2v) is 5.19. The van der Waals surface area contributed by atoms with Crippen LogP contribution in [0.3, 0.4) is 0 Å². The molecule has 1 fully saturated rings. The van der Waals surface area contributed by atoms with Crippen molar-refractivity contribution in [3.63, 3.8) is 0 Å². The summed E-state index contributed by atoms with van der Waals surface area (Å²) in [5, 5.41) is 0. The first-order valence-corrected chi connectivity index (χ1v) is 7.15. The summed E-state index contributed by atoms with van der Waals surface area (Å²) in [4.78, 5) is 10.9. The zero-order valence-corrected chi connectivity index (χ0v) is 11.9. The van der Waals surface area contributed by atoms with Gasteiger partial charge in [-0.15, -0.1) is 0 Å². The summed E-state index contributed by atoms with van der Waals surface area (Å²) in [7, 11) is 2.04. The highest BCUT2D eigenvalue weighted by molar-refractivity contribution is 5.46. The molecular weight excluding hydrogens is 240 g/mol. The van der Waals surface area contributed by atoms with Crippen molar-refractivity contribution in [3.05, 3.63) is 11.9 Å². The van der Waals surface area contributed by atoms with Crippen LogP contribution < -0.4 is 10.6 Å². The largest absolute Gasteiger partial charge is 0.384 e. The second kappa shape index (κ2) is 6.70. The summed E-state index contributed by atoms with van der Waals surface area (Å²) in [5.74, 6) is 2.27. The van der Waals surface area contributed by atoms with E-state index in [2.05, 4.69) is 21.8 Å². The molecule has 5 nitrogen and oxygen atoms in total. The number of aromatic nitrogens is 2. The van der Waals surface area contributed by atoms with E-state index in [0.29, 0.717) is 11.9 Å². The van der Waals surface area contributed by atoms with Gasteiger partial charge in [0.15, 0.2) is 0 Å². The van der Waals surface area contributed by atoms with Crippen molar-refractivity contribution < 1.29 is 4.74 Å². The molecule has 1 unspecified atom stereocenters. The molecule has 1 aromatic heterocycles. The Balaban J connectivity index is 2.02. The van der Waals surface area contributed by atoms with Crippen LogP contribution in [-0.2, 0) is 11.2 Å². The average molecular weight is 264 g/mol. The van der Waals surface area contributed by atoms with E-state index < -0.39 is 0 Å². The fraction of sp³-hybridized carbons (Fsp3) is 0.714. The van der Waals surface area contributed by atoms with Crippen LogP contribution in [0.4, 0.5) is 11.6 Å². The average Bonchev–Trinajstić information content (AvgIpc) is 2.39. The summed E-state index contributed by atoms with van der Waals surface area (Å²) in [6.07, 6.45) is 5.77. The Morgan fingerprint density at radius 1 is 1.42 bits per heavy atom. The predicted molar refractivity (Wildman–Crippen MR) is 77.3 cm³/mol. The number of rotatable bonds is 5. The molecule has 1 aromatic rings. The van der Waals surface area contributed by atoms with Gasteiger partial charge in [0.05, 0.1) is 6.10 Å². The van der Waals surface area contributed by atoms with E-state index >= 15 is 0 Å². The van der Waals surface area contributed by atoms with Crippen LogP contribution in [0.15, 0.2) is 6.07 Å². The lowest BCUT2D eigenvalue weighted by Gasteiger charge is -2.28. The van der Waals surface area contributed by atoms with Crippen LogP contribution in [0.1, 0.15) is 38.4 Å². The van der Waals surface area contributed by atoms with Crippen molar-refractivity contribution >= 4 is 11.6 Å². The fourth-order valence-corrected chi connectivity index (χ4v) is 2.38. The molecule has 0 saturated carbocycles. The standard InChI is InChI=1S/C14H24N4O/c1-3-6-13-16-12(15)9-14(17-13)18(2)10-11-7-4-5-8-19-11/h9,11H,3-8,10H2,1-2H3,(H2,15,16,17). The maximum absolute atomic E-state index is 5.85. The van der Waals surface area contributed by atoms with Gasteiger partial charge in [-0.25, -0.2) is 9.97 Å². The first-order chi connectivity index (χ1) is 9.19. The van der Waals surface area contributed by atoms with Crippen LogP contribution in [0.2, 0.25) is 0 Å². The van der Waals surface area contributed by atoms with Gasteiger partial charge in [-0.2, -0.15) is 0 Å². The van der Waals surface area contributed by atoms with Crippen LogP contribution in [0.25, 0.3) is 0 Å². The summed E-state index contributed by atoms with van der Waals surface area (Å²) in [6, 6.07) is 1.84. The number of nitrogens with two attached hydrogens (primary N) is 1. The van der Waals surface area contributed by atoms with E-state index in [-0.39, 0.29) is 0 Å². The Labute approximate surface area is 115 Å². The molecule has 1 aliphatic rings. The molecule has 5 heteroatoms. The SMILES string of the molecule is CCCc1nc(N)cc(N(C)CC2CCCCO2)n1. The molecule has 0 bridgehead atoms. The third-order valence-electron chi connectivity index (χ3n) is 3.39. The molecule has 106 valence electrons. The van der Waals surface area contributed by atoms with Gasteiger partial charge in [-0.3, -0.25) is 0 Å². The van der Waals surface area contributed by atoms with Crippen LogP contribution in [0, 0.1) is 0 Å². The lowest BCUT2D eigenvalue weighted by atomic mass is 10.1. The number of nitrogen functional groups attached to an aromatic ring is 1. The predicted octanol–water partition coefficient (Wildman–Crippen LogP) is 2.02. The number of likely N-dealkylation sites (N-methyl/N-ethyl adjacent to an activating group) is 1. The molecule has 1 aliphatic heterocycles. The lowest BCUT2D eigenvalue weighted by Crippen LogP contribution is -2.34. The first-order valence-electron chi connectivity index (χ1n) is 7.15.